The number of hydrogen-bond donors (Lipinski definition) is 1. The molecule has 0 spiro atoms. The van der Waals surface area contributed by atoms with Gasteiger partial charge in [-0.05, 0) is 24.8 Å². The fourth-order valence-electron chi connectivity index (χ4n) is 3.33. The zero-order chi connectivity index (χ0) is 17.5. The molecule has 132 valence electrons. The van der Waals surface area contributed by atoms with E-state index >= 15 is 0 Å². The van der Waals surface area contributed by atoms with Gasteiger partial charge in [-0.1, -0.05) is 57.5 Å². The van der Waals surface area contributed by atoms with Gasteiger partial charge in [0, 0.05) is 25.0 Å². The smallest absolute Gasteiger partial charge is 0.227 e. The Morgan fingerprint density at radius 2 is 1.79 bits per heavy atom. The molecule has 1 aliphatic rings. The van der Waals surface area contributed by atoms with Gasteiger partial charge >= 0.3 is 0 Å². The number of benzene rings is 1. The van der Waals surface area contributed by atoms with Crippen molar-refractivity contribution in [2.45, 2.75) is 58.4 Å². The molecule has 4 nitrogen and oxygen atoms in total. The number of likely N-dealkylation sites (tertiary alicyclic amines) is 1. The third-order valence-electron chi connectivity index (χ3n) is 4.74. The molecule has 4 heteroatoms. The van der Waals surface area contributed by atoms with Crippen molar-refractivity contribution < 1.29 is 9.59 Å². The highest BCUT2D eigenvalue weighted by Gasteiger charge is 2.27. The van der Waals surface area contributed by atoms with Crippen molar-refractivity contribution in [3.63, 3.8) is 0 Å². The molecule has 1 unspecified atom stereocenters. The first-order valence-electron chi connectivity index (χ1n) is 9.17. The van der Waals surface area contributed by atoms with Gasteiger partial charge in [0.15, 0.2) is 0 Å². The van der Waals surface area contributed by atoms with Gasteiger partial charge < -0.3 is 10.2 Å². The summed E-state index contributed by atoms with van der Waals surface area (Å²) in [5.41, 5.74) is 1.09. The van der Waals surface area contributed by atoms with Crippen LogP contribution in [-0.4, -0.2) is 35.8 Å². The van der Waals surface area contributed by atoms with Crippen LogP contribution in [0.1, 0.15) is 57.9 Å². The highest BCUT2D eigenvalue weighted by molar-refractivity contribution is 5.84. The maximum Gasteiger partial charge on any atom is 0.227 e. The van der Waals surface area contributed by atoms with Gasteiger partial charge in [0.1, 0.15) is 0 Å². The normalized spacial score (nSPS) is 16.9. The molecule has 1 aromatic carbocycles. The van der Waals surface area contributed by atoms with E-state index in [1.165, 1.54) is 0 Å². The molecule has 0 saturated carbocycles. The molecule has 1 aliphatic heterocycles. The van der Waals surface area contributed by atoms with Crippen LogP contribution < -0.4 is 5.32 Å². The van der Waals surface area contributed by atoms with E-state index in [1.54, 1.807) is 0 Å². The average Bonchev–Trinajstić information content (AvgIpc) is 2.60. The third-order valence-corrected chi connectivity index (χ3v) is 4.74. The summed E-state index contributed by atoms with van der Waals surface area (Å²) in [7, 11) is 0. The van der Waals surface area contributed by atoms with Crippen molar-refractivity contribution in [1.29, 1.82) is 0 Å². The Kier molecular flexibility index (Phi) is 6.83. The highest BCUT2D eigenvalue weighted by atomic mass is 16.2. The fraction of sp³-hybridized carbons (Fsp3) is 0.600. The number of hydrogen-bond acceptors (Lipinski definition) is 2. The first-order valence-corrected chi connectivity index (χ1v) is 9.17. The predicted octanol–water partition coefficient (Wildman–Crippen LogP) is 3.33. The van der Waals surface area contributed by atoms with Crippen LogP contribution in [0.2, 0.25) is 0 Å². The molecule has 0 aromatic heterocycles. The first kappa shape index (κ1) is 18.5. The zero-order valence-corrected chi connectivity index (χ0v) is 15.1. The topological polar surface area (TPSA) is 49.4 Å². The quantitative estimate of drug-likeness (QED) is 0.870. The molecule has 1 N–H and O–H groups in total. The SMILES string of the molecule is CCCC(C(=O)NC1CCN(C(=O)C(C)C)CC1)c1ccccc1. The van der Waals surface area contributed by atoms with Gasteiger partial charge in [-0.3, -0.25) is 9.59 Å². The number of piperidine rings is 1. The summed E-state index contributed by atoms with van der Waals surface area (Å²) in [5, 5.41) is 3.21. The van der Waals surface area contributed by atoms with Crippen molar-refractivity contribution >= 4 is 11.8 Å². The second kappa shape index (κ2) is 8.86. The van der Waals surface area contributed by atoms with E-state index in [-0.39, 0.29) is 29.7 Å². The first-order chi connectivity index (χ1) is 11.5. The summed E-state index contributed by atoms with van der Waals surface area (Å²) < 4.78 is 0. The lowest BCUT2D eigenvalue weighted by atomic mass is 9.92. The maximum absolute atomic E-state index is 12.7. The van der Waals surface area contributed by atoms with E-state index in [2.05, 4.69) is 12.2 Å². The molecule has 0 radical (unpaired) electrons. The standard InChI is InChI=1S/C20H30N2O2/c1-4-8-18(16-9-6-5-7-10-16)19(23)21-17-11-13-22(14-12-17)20(24)15(2)3/h5-7,9-10,15,17-18H,4,8,11-14H2,1-3H3,(H,21,23). The Hall–Kier alpha value is -1.84. The van der Waals surface area contributed by atoms with Crippen LogP contribution >= 0.6 is 0 Å². The molecule has 0 bridgehead atoms. The summed E-state index contributed by atoms with van der Waals surface area (Å²) in [6.45, 7) is 7.47. The van der Waals surface area contributed by atoms with Crippen LogP contribution in [0.25, 0.3) is 0 Å². The molecule has 2 rings (SSSR count). The number of nitrogens with one attached hydrogen (secondary N) is 1. The number of carbonyl (C=O) groups excluding carboxylic acids is 2. The van der Waals surface area contributed by atoms with Crippen molar-refractivity contribution in [3.05, 3.63) is 35.9 Å². The van der Waals surface area contributed by atoms with Crippen LogP contribution in [0.15, 0.2) is 30.3 Å². The van der Waals surface area contributed by atoms with Crippen molar-refractivity contribution in [2.24, 2.45) is 5.92 Å². The zero-order valence-electron chi connectivity index (χ0n) is 15.1. The number of rotatable bonds is 6. The van der Waals surface area contributed by atoms with Crippen LogP contribution in [0.3, 0.4) is 0 Å². The van der Waals surface area contributed by atoms with Gasteiger partial charge in [0.25, 0.3) is 0 Å². The Bertz CT molecular complexity index is 534. The second-order valence-corrected chi connectivity index (χ2v) is 7.01. The number of carbonyl (C=O) groups is 2. The summed E-state index contributed by atoms with van der Waals surface area (Å²) >= 11 is 0. The maximum atomic E-state index is 12.7. The van der Waals surface area contributed by atoms with Gasteiger partial charge in [-0.15, -0.1) is 0 Å². The van der Waals surface area contributed by atoms with E-state index in [4.69, 9.17) is 0 Å². The molecule has 1 atom stereocenters. The summed E-state index contributed by atoms with van der Waals surface area (Å²) in [4.78, 5) is 26.7. The minimum Gasteiger partial charge on any atom is -0.353 e. The largest absolute Gasteiger partial charge is 0.353 e. The van der Waals surface area contributed by atoms with E-state index < -0.39 is 0 Å². The van der Waals surface area contributed by atoms with E-state index in [0.717, 1.165) is 44.3 Å². The highest BCUT2D eigenvalue weighted by Crippen LogP contribution is 2.22. The van der Waals surface area contributed by atoms with E-state index in [1.807, 2.05) is 49.1 Å². The second-order valence-electron chi connectivity index (χ2n) is 7.01. The van der Waals surface area contributed by atoms with E-state index in [9.17, 15) is 9.59 Å². The average molecular weight is 330 g/mol. The van der Waals surface area contributed by atoms with Gasteiger partial charge in [0.2, 0.25) is 11.8 Å². The molecule has 1 saturated heterocycles. The van der Waals surface area contributed by atoms with Crippen LogP contribution in [0.4, 0.5) is 0 Å². The third kappa shape index (κ3) is 4.83. The molecule has 1 heterocycles. The molecular weight excluding hydrogens is 300 g/mol. The minimum atomic E-state index is -0.0773. The van der Waals surface area contributed by atoms with Crippen molar-refractivity contribution in [1.82, 2.24) is 10.2 Å². The predicted molar refractivity (Wildman–Crippen MR) is 96.7 cm³/mol. The molecule has 2 amide bonds. The monoisotopic (exact) mass is 330 g/mol. The summed E-state index contributed by atoms with van der Waals surface area (Å²) in [6, 6.07) is 10.2. The van der Waals surface area contributed by atoms with E-state index in [0.29, 0.717) is 0 Å². The van der Waals surface area contributed by atoms with Gasteiger partial charge in [-0.25, -0.2) is 0 Å². The molecule has 1 fully saturated rings. The Balaban J connectivity index is 1.91. The Morgan fingerprint density at radius 1 is 1.17 bits per heavy atom. The molecule has 0 aliphatic carbocycles. The molecular formula is C20H30N2O2. The lowest BCUT2D eigenvalue weighted by Gasteiger charge is -2.34. The lowest BCUT2D eigenvalue weighted by Crippen LogP contribution is -2.48. The van der Waals surface area contributed by atoms with Crippen LogP contribution in [0.5, 0.6) is 0 Å². The van der Waals surface area contributed by atoms with Crippen LogP contribution in [-0.2, 0) is 9.59 Å². The summed E-state index contributed by atoms with van der Waals surface area (Å²) in [5.74, 6) is 0.305. The van der Waals surface area contributed by atoms with Crippen molar-refractivity contribution in [3.8, 4) is 0 Å². The Morgan fingerprint density at radius 3 is 2.33 bits per heavy atom. The lowest BCUT2D eigenvalue weighted by molar-refractivity contribution is -0.135. The van der Waals surface area contributed by atoms with Gasteiger partial charge in [-0.2, -0.15) is 0 Å². The van der Waals surface area contributed by atoms with Gasteiger partial charge in [0.05, 0.1) is 5.92 Å². The minimum absolute atomic E-state index is 0.0446. The Labute approximate surface area is 145 Å². The van der Waals surface area contributed by atoms with Crippen molar-refractivity contribution in [2.75, 3.05) is 13.1 Å². The fourth-order valence-corrected chi connectivity index (χ4v) is 3.33. The number of nitrogens with zero attached hydrogens (tertiary/aromatic N) is 1. The molecule has 1 aromatic rings. The summed E-state index contributed by atoms with van der Waals surface area (Å²) in [6.07, 6.45) is 3.53. The number of amides is 2. The van der Waals surface area contributed by atoms with Crippen LogP contribution in [0, 0.1) is 5.92 Å². The molecule has 24 heavy (non-hydrogen) atoms.